The van der Waals surface area contributed by atoms with E-state index in [2.05, 4.69) is 11.4 Å². The topological polar surface area (TPSA) is 71.3 Å². The van der Waals surface area contributed by atoms with Crippen LogP contribution in [0.2, 0.25) is 0 Å². The van der Waals surface area contributed by atoms with E-state index in [1.807, 2.05) is 18.2 Å². The van der Waals surface area contributed by atoms with Crippen molar-refractivity contribution in [3.05, 3.63) is 65.2 Å². The van der Waals surface area contributed by atoms with Gasteiger partial charge in [-0.1, -0.05) is 12.1 Å². The van der Waals surface area contributed by atoms with E-state index in [4.69, 9.17) is 14.7 Å². The summed E-state index contributed by atoms with van der Waals surface area (Å²) >= 11 is 0. The molecule has 0 radical (unpaired) electrons. The molecule has 1 N–H and O–H groups in total. The maximum atomic E-state index is 12.3. The average molecular weight is 336 g/mol. The minimum Gasteiger partial charge on any atom is -0.489 e. The summed E-state index contributed by atoms with van der Waals surface area (Å²) in [5.41, 5.74) is 2.12. The van der Waals surface area contributed by atoms with Gasteiger partial charge in [0.05, 0.1) is 17.7 Å². The number of hydrogen-bond donors (Lipinski definition) is 1. The summed E-state index contributed by atoms with van der Waals surface area (Å²) in [5.74, 6) is 0.586. The van der Waals surface area contributed by atoms with Crippen LogP contribution >= 0.6 is 0 Å². The lowest BCUT2D eigenvalue weighted by atomic mass is 10.1. The Morgan fingerprint density at radius 2 is 2.12 bits per heavy atom. The fourth-order valence-corrected chi connectivity index (χ4v) is 2.71. The molecule has 1 unspecified atom stereocenters. The van der Waals surface area contributed by atoms with Gasteiger partial charge in [0, 0.05) is 18.7 Å². The second kappa shape index (κ2) is 8.32. The first kappa shape index (κ1) is 17.0. The van der Waals surface area contributed by atoms with Gasteiger partial charge in [0.25, 0.3) is 5.91 Å². The Morgan fingerprint density at radius 3 is 2.84 bits per heavy atom. The molecule has 1 atom stereocenters. The van der Waals surface area contributed by atoms with Gasteiger partial charge in [0.1, 0.15) is 12.4 Å². The Bertz CT molecular complexity index is 759. The molecule has 0 spiro atoms. The van der Waals surface area contributed by atoms with Crippen LogP contribution in [0.4, 0.5) is 0 Å². The van der Waals surface area contributed by atoms with Crippen LogP contribution in [-0.4, -0.2) is 25.2 Å². The molecule has 2 aromatic carbocycles. The number of rotatable bonds is 6. The molecular formula is C20H20N2O3. The van der Waals surface area contributed by atoms with Crippen molar-refractivity contribution in [3.63, 3.8) is 0 Å². The van der Waals surface area contributed by atoms with Crippen LogP contribution in [0.5, 0.6) is 5.75 Å². The highest BCUT2D eigenvalue weighted by molar-refractivity contribution is 5.94. The molecule has 1 aliphatic heterocycles. The zero-order valence-electron chi connectivity index (χ0n) is 13.9. The second-order valence-electron chi connectivity index (χ2n) is 5.97. The Kier molecular flexibility index (Phi) is 5.65. The van der Waals surface area contributed by atoms with Crippen LogP contribution in [0, 0.1) is 11.3 Å². The zero-order chi connectivity index (χ0) is 17.5. The predicted octanol–water partition coefficient (Wildman–Crippen LogP) is 3.05. The van der Waals surface area contributed by atoms with Crippen LogP contribution < -0.4 is 10.1 Å². The summed E-state index contributed by atoms with van der Waals surface area (Å²) < 4.78 is 11.2. The predicted molar refractivity (Wildman–Crippen MR) is 93.2 cm³/mol. The van der Waals surface area contributed by atoms with Crippen molar-refractivity contribution in [1.82, 2.24) is 5.32 Å². The van der Waals surface area contributed by atoms with Crippen molar-refractivity contribution >= 4 is 5.91 Å². The SMILES string of the molecule is N#Cc1ccc(OCc2cccc(C(=O)NCC3CCCO3)c2)cc1. The number of ether oxygens (including phenoxy) is 2. The Morgan fingerprint density at radius 1 is 1.28 bits per heavy atom. The number of carbonyl (C=O) groups is 1. The molecule has 0 aromatic heterocycles. The molecule has 1 saturated heterocycles. The van der Waals surface area contributed by atoms with Crippen molar-refractivity contribution < 1.29 is 14.3 Å². The lowest BCUT2D eigenvalue weighted by Crippen LogP contribution is -2.31. The fourth-order valence-electron chi connectivity index (χ4n) is 2.71. The van der Waals surface area contributed by atoms with Gasteiger partial charge in [-0.05, 0) is 54.8 Å². The monoisotopic (exact) mass is 336 g/mol. The number of hydrogen-bond acceptors (Lipinski definition) is 4. The average Bonchev–Trinajstić information content (AvgIpc) is 3.19. The quantitative estimate of drug-likeness (QED) is 0.880. The van der Waals surface area contributed by atoms with Crippen molar-refractivity contribution in [2.75, 3.05) is 13.2 Å². The summed E-state index contributed by atoms with van der Waals surface area (Å²) in [5, 5.41) is 11.7. The summed E-state index contributed by atoms with van der Waals surface area (Å²) in [6, 6.07) is 16.4. The minimum atomic E-state index is -0.101. The van der Waals surface area contributed by atoms with Gasteiger partial charge < -0.3 is 14.8 Å². The van der Waals surface area contributed by atoms with E-state index in [0.29, 0.717) is 30.0 Å². The number of amides is 1. The van der Waals surface area contributed by atoms with Gasteiger partial charge in [-0.2, -0.15) is 5.26 Å². The van der Waals surface area contributed by atoms with Crippen molar-refractivity contribution in [3.8, 4) is 11.8 Å². The molecule has 5 heteroatoms. The van der Waals surface area contributed by atoms with Crippen molar-refractivity contribution in [2.24, 2.45) is 0 Å². The van der Waals surface area contributed by atoms with Gasteiger partial charge in [0.15, 0.2) is 0 Å². The Labute approximate surface area is 147 Å². The van der Waals surface area contributed by atoms with Crippen LogP contribution in [0.15, 0.2) is 48.5 Å². The summed E-state index contributed by atoms with van der Waals surface area (Å²) in [7, 11) is 0. The van der Waals surface area contributed by atoms with Gasteiger partial charge in [0.2, 0.25) is 0 Å². The first-order valence-corrected chi connectivity index (χ1v) is 8.36. The van der Waals surface area contributed by atoms with Crippen LogP contribution in [0.25, 0.3) is 0 Å². The maximum Gasteiger partial charge on any atom is 0.251 e. The number of carbonyl (C=O) groups excluding carboxylic acids is 1. The van der Waals surface area contributed by atoms with E-state index in [1.54, 1.807) is 30.3 Å². The van der Waals surface area contributed by atoms with E-state index in [9.17, 15) is 4.79 Å². The highest BCUT2D eigenvalue weighted by atomic mass is 16.5. The molecule has 1 heterocycles. The highest BCUT2D eigenvalue weighted by Crippen LogP contribution is 2.15. The normalized spacial score (nSPS) is 16.2. The molecule has 25 heavy (non-hydrogen) atoms. The molecule has 1 amide bonds. The lowest BCUT2D eigenvalue weighted by Gasteiger charge is -2.11. The van der Waals surface area contributed by atoms with Gasteiger partial charge in [-0.3, -0.25) is 4.79 Å². The molecule has 0 saturated carbocycles. The van der Waals surface area contributed by atoms with Gasteiger partial charge in [-0.15, -0.1) is 0 Å². The molecule has 128 valence electrons. The lowest BCUT2D eigenvalue weighted by molar-refractivity contribution is 0.0857. The van der Waals surface area contributed by atoms with Crippen LogP contribution in [0.1, 0.15) is 34.3 Å². The zero-order valence-corrected chi connectivity index (χ0v) is 13.9. The highest BCUT2D eigenvalue weighted by Gasteiger charge is 2.16. The fraction of sp³-hybridized carbons (Fsp3) is 0.300. The number of benzene rings is 2. The molecule has 0 aliphatic carbocycles. The van der Waals surface area contributed by atoms with E-state index < -0.39 is 0 Å². The summed E-state index contributed by atoms with van der Waals surface area (Å²) in [6.45, 7) is 1.69. The third-order valence-corrected chi connectivity index (χ3v) is 4.09. The van der Waals surface area contributed by atoms with Crippen molar-refractivity contribution in [2.45, 2.75) is 25.6 Å². The number of nitriles is 1. The second-order valence-corrected chi connectivity index (χ2v) is 5.97. The first-order valence-electron chi connectivity index (χ1n) is 8.36. The van der Waals surface area contributed by atoms with Crippen molar-refractivity contribution in [1.29, 1.82) is 5.26 Å². The molecular weight excluding hydrogens is 316 g/mol. The van der Waals surface area contributed by atoms with E-state index >= 15 is 0 Å². The first-order chi connectivity index (χ1) is 12.2. The summed E-state index contributed by atoms with van der Waals surface area (Å²) in [4.78, 5) is 12.3. The third kappa shape index (κ3) is 4.82. The molecule has 1 fully saturated rings. The van der Waals surface area contributed by atoms with Crippen LogP contribution in [0.3, 0.4) is 0 Å². The van der Waals surface area contributed by atoms with E-state index in [-0.39, 0.29) is 12.0 Å². The standard InChI is InChI=1S/C20H20N2O3/c21-12-15-6-8-18(9-7-15)25-14-16-3-1-4-17(11-16)20(23)22-13-19-5-2-10-24-19/h1,3-4,6-9,11,19H,2,5,10,13-14H2,(H,22,23). The Hall–Kier alpha value is -2.84. The van der Waals surface area contributed by atoms with E-state index in [1.165, 1.54) is 0 Å². The largest absolute Gasteiger partial charge is 0.489 e. The molecule has 1 aliphatic rings. The Balaban J connectivity index is 1.54. The van der Waals surface area contributed by atoms with Crippen LogP contribution in [-0.2, 0) is 11.3 Å². The van der Waals surface area contributed by atoms with Gasteiger partial charge >= 0.3 is 0 Å². The molecule has 0 bridgehead atoms. The number of nitrogens with zero attached hydrogens (tertiary/aromatic N) is 1. The maximum absolute atomic E-state index is 12.3. The summed E-state index contributed by atoms with van der Waals surface area (Å²) in [6.07, 6.45) is 2.19. The number of nitrogens with one attached hydrogen (secondary N) is 1. The van der Waals surface area contributed by atoms with Gasteiger partial charge in [-0.25, -0.2) is 0 Å². The molecule has 5 nitrogen and oxygen atoms in total. The molecule has 2 aromatic rings. The minimum absolute atomic E-state index is 0.101. The smallest absolute Gasteiger partial charge is 0.251 e. The van der Waals surface area contributed by atoms with E-state index in [0.717, 1.165) is 25.0 Å². The molecule has 3 rings (SSSR count). The third-order valence-electron chi connectivity index (χ3n) is 4.09.